The van der Waals surface area contributed by atoms with Gasteiger partial charge < -0.3 is 15.0 Å². The lowest BCUT2D eigenvalue weighted by molar-refractivity contribution is -0.137. The maximum atomic E-state index is 13.0. The third-order valence-electron chi connectivity index (χ3n) is 3.74. The molecule has 140 valence electrons. The standard InChI is InChI=1S/C19H21F3N2O2/c1-12-6-5-7-15(10-12)26-13(2)18(25)23-16-11-14(19(20,21)22)8-9-17(16)24(3)4/h5-11,13H,1-4H3,(H,23,25). The number of halogens is 3. The van der Waals surface area contributed by atoms with E-state index in [-0.39, 0.29) is 5.69 Å². The number of amides is 1. The normalized spacial score (nSPS) is 12.4. The van der Waals surface area contributed by atoms with Crippen molar-refractivity contribution in [2.45, 2.75) is 26.1 Å². The van der Waals surface area contributed by atoms with E-state index in [9.17, 15) is 18.0 Å². The molecule has 0 saturated carbocycles. The number of ether oxygens (including phenoxy) is 1. The van der Waals surface area contributed by atoms with E-state index in [1.54, 1.807) is 44.1 Å². The maximum Gasteiger partial charge on any atom is 0.416 e. The molecular weight excluding hydrogens is 345 g/mol. The van der Waals surface area contributed by atoms with Gasteiger partial charge >= 0.3 is 6.18 Å². The fourth-order valence-electron chi connectivity index (χ4n) is 2.38. The molecule has 0 radical (unpaired) electrons. The summed E-state index contributed by atoms with van der Waals surface area (Å²) in [6, 6.07) is 10.4. The molecule has 0 aliphatic rings. The van der Waals surface area contributed by atoms with E-state index >= 15 is 0 Å². The van der Waals surface area contributed by atoms with Crippen molar-refractivity contribution in [1.29, 1.82) is 0 Å². The van der Waals surface area contributed by atoms with Crippen molar-refractivity contribution in [2.24, 2.45) is 0 Å². The van der Waals surface area contributed by atoms with E-state index in [2.05, 4.69) is 5.32 Å². The first kappa shape index (κ1) is 19.6. The summed E-state index contributed by atoms with van der Waals surface area (Å²) in [7, 11) is 3.37. The first-order valence-corrected chi connectivity index (χ1v) is 8.00. The number of nitrogens with zero attached hydrogens (tertiary/aromatic N) is 1. The second-order valence-electron chi connectivity index (χ2n) is 6.19. The summed E-state index contributed by atoms with van der Waals surface area (Å²) in [6.07, 6.45) is -5.37. The van der Waals surface area contributed by atoms with Gasteiger partial charge in [-0.05, 0) is 49.7 Å². The summed E-state index contributed by atoms with van der Waals surface area (Å²) in [6.45, 7) is 3.43. The lowest BCUT2D eigenvalue weighted by Gasteiger charge is -2.21. The molecule has 0 spiro atoms. The van der Waals surface area contributed by atoms with Crippen molar-refractivity contribution in [3.05, 3.63) is 53.6 Å². The van der Waals surface area contributed by atoms with Crippen molar-refractivity contribution in [3.8, 4) is 5.75 Å². The highest BCUT2D eigenvalue weighted by atomic mass is 19.4. The summed E-state index contributed by atoms with van der Waals surface area (Å²) >= 11 is 0. The topological polar surface area (TPSA) is 41.6 Å². The van der Waals surface area contributed by atoms with Gasteiger partial charge in [-0.15, -0.1) is 0 Å². The number of carbonyl (C=O) groups excluding carboxylic acids is 1. The van der Waals surface area contributed by atoms with Crippen LogP contribution in [0.15, 0.2) is 42.5 Å². The van der Waals surface area contributed by atoms with Crippen LogP contribution in [-0.4, -0.2) is 26.1 Å². The lowest BCUT2D eigenvalue weighted by Crippen LogP contribution is -2.31. The Hall–Kier alpha value is -2.70. The minimum Gasteiger partial charge on any atom is -0.481 e. The number of nitrogens with one attached hydrogen (secondary N) is 1. The summed E-state index contributed by atoms with van der Waals surface area (Å²) in [5.41, 5.74) is 0.692. The van der Waals surface area contributed by atoms with Gasteiger partial charge in [0.15, 0.2) is 6.10 Å². The first-order valence-electron chi connectivity index (χ1n) is 8.00. The van der Waals surface area contributed by atoms with Gasteiger partial charge in [-0.2, -0.15) is 13.2 Å². The summed E-state index contributed by atoms with van der Waals surface area (Å²) in [5, 5.41) is 2.53. The number of aryl methyl sites for hydroxylation is 1. The SMILES string of the molecule is Cc1cccc(OC(C)C(=O)Nc2cc(C(F)(F)F)ccc2N(C)C)c1. The molecule has 2 aromatic carbocycles. The molecule has 1 atom stereocenters. The van der Waals surface area contributed by atoms with Gasteiger partial charge in [0.1, 0.15) is 5.75 Å². The molecule has 0 aliphatic carbocycles. The Morgan fingerprint density at radius 3 is 2.42 bits per heavy atom. The highest BCUT2D eigenvalue weighted by Gasteiger charge is 2.31. The smallest absolute Gasteiger partial charge is 0.416 e. The number of alkyl halides is 3. The van der Waals surface area contributed by atoms with Gasteiger partial charge in [0.25, 0.3) is 5.91 Å². The average molecular weight is 366 g/mol. The van der Waals surface area contributed by atoms with Crippen LogP contribution in [0.3, 0.4) is 0 Å². The van der Waals surface area contributed by atoms with Crippen LogP contribution < -0.4 is 15.0 Å². The Morgan fingerprint density at radius 2 is 1.85 bits per heavy atom. The van der Waals surface area contributed by atoms with E-state index < -0.39 is 23.8 Å². The highest BCUT2D eigenvalue weighted by molar-refractivity contribution is 5.97. The van der Waals surface area contributed by atoms with Crippen LogP contribution in [-0.2, 0) is 11.0 Å². The van der Waals surface area contributed by atoms with Gasteiger partial charge in [0.05, 0.1) is 16.9 Å². The molecule has 1 unspecified atom stereocenters. The Balaban J connectivity index is 2.21. The second-order valence-corrected chi connectivity index (χ2v) is 6.19. The molecule has 1 amide bonds. The molecule has 0 aromatic heterocycles. The minimum absolute atomic E-state index is 0.0783. The Kier molecular flexibility index (Phi) is 5.79. The molecule has 2 aromatic rings. The summed E-state index contributed by atoms with van der Waals surface area (Å²) in [5.74, 6) is -0.0153. The van der Waals surface area contributed by atoms with E-state index in [0.717, 1.165) is 17.7 Å². The van der Waals surface area contributed by atoms with Gasteiger partial charge in [-0.1, -0.05) is 12.1 Å². The lowest BCUT2D eigenvalue weighted by atomic mass is 10.1. The van der Waals surface area contributed by atoms with Crippen LogP contribution in [0.1, 0.15) is 18.1 Å². The number of rotatable bonds is 5. The monoisotopic (exact) mass is 366 g/mol. The molecule has 0 bridgehead atoms. The van der Waals surface area contributed by atoms with Crippen LogP contribution in [0.5, 0.6) is 5.75 Å². The molecule has 26 heavy (non-hydrogen) atoms. The Morgan fingerprint density at radius 1 is 1.15 bits per heavy atom. The number of carbonyl (C=O) groups is 1. The van der Waals surface area contributed by atoms with Crippen LogP contribution in [0.2, 0.25) is 0 Å². The van der Waals surface area contributed by atoms with Gasteiger partial charge in [-0.3, -0.25) is 4.79 Å². The molecule has 7 heteroatoms. The Bertz CT molecular complexity index is 789. The first-order chi connectivity index (χ1) is 12.1. The largest absolute Gasteiger partial charge is 0.481 e. The van der Waals surface area contributed by atoms with Crippen molar-refractivity contribution >= 4 is 17.3 Å². The highest BCUT2D eigenvalue weighted by Crippen LogP contribution is 2.35. The van der Waals surface area contributed by atoms with Crippen molar-refractivity contribution in [2.75, 3.05) is 24.3 Å². The molecule has 0 saturated heterocycles. The predicted molar refractivity (Wildman–Crippen MR) is 95.7 cm³/mol. The van der Waals surface area contributed by atoms with Crippen molar-refractivity contribution < 1.29 is 22.7 Å². The fraction of sp³-hybridized carbons (Fsp3) is 0.316. The van der Waals surface area contributed by atoms with Gasteiger partial charge in [-0.25, -0.2) is 0 Å². The van der Waals surface area contributed by atoms with Crippen molar-refractivity contribution in [3.63, 3.8) is 0 Å². The second kappa shape index (κ2) is 7.68. The summed E-state index contributed by atoms with van der Waals surface area (Å²) in [4.78, 5) is 14.0. The molecule has 0 fully saturated rings. The van der Waals surface area contributed by atoms with Crippen LogP contribution in [0, 0.1) is 6.92 Å². The minimum atomic E-state index is -4.49. The maximum absolute atomic E-state index is 13.0. The Labute approximate surface area is 150 Å². The number of anilines is 2. The average Bonchev–Trinajstić information content (AvgIpc) is 2.53. The van der Waals surface area contributed by atoms with Gasteiger partial charge in [0.2, 0.25) is 0 Å². The third-order valence-corrected chi connectivity index (χ3v) is 3.74. The number of hydrogen-bond acceptors (Lipinski definition) is 3. The molecular formula is C19H21F3N2O2. The van der Waals surface area contributed by atoms with E-state index in [0.29, 0.717) is 11.4 Å². The molecule has 0 aliphatic heterocycles. The molecule has 2 rings (SSSR count). The van der Waals surface area contributed by atoms with E-state index in [4.69, 9.17) is 4.74 Å². The molecule has 0 heterocycles. The summed E-state index contributed by atoms with van der Waals surface area (Å²) < 4.78 is 44.5. The van der Waals surface area contributed by atoms with Crippen LogP contribution in [0.25, 0.3) is 0 Å². The van der Waals surface area contributed by atoms with Gasteiger partial charge in [0, 0.05) is 14.1 Å². The molecule has 1 N–H and O–H groups in total. The van der Waals surface area contributed by atoms with Crippen LogP contribution in [0.4, 0.5) is 24.5 Å². The van der Waals surface area contributed by atoms with E-state index in [1.807, 2.05) is 13.0 Å². The zero-order valence-corrected chi connectivity index (χ0v) is 15.0. The van der Waals surface area contributed by atoms with Crippen LogP contribution >= 0.6 is 0 Å². The van der Waals surface area contributed by atoms with E-state index in [1.165, 1.54) is 6.07 Å². The quantitative estimate of drug-likeness (QED) is 0.848. The third kappa shape index (κ3) is 4.91. The predicted octanol–water partition coefficient (Wildman–Crippen LogP) is 4.49. The zero-order chi connectivity index (χ0) is 19.5. The zero-order valence-electron chi connectivity index (χ0n) is 15.0. The number of hydrogen-bond donors (Lipinski definition) is 1. The molecule has 4 nitrogen and oxygen atoms in total. The number of benzene rings is 2. The fourth-order valence-corrected chi connectivity index (χ4v) is 2.38. The van der Waals surface area contributed by atoms with Crippen molar-refractivity contribution in [1.82, 2.24) is 0 Å².